The summed E-state index contributed by atoms with van der Waals surface area (Å²) in [7, 11) is 0. The van der Waals surface area contributed by atoms with Crippen LogP contribution in [0.5, 0.6) is 0 Å². The lowest BCUT2D eigenvalue weighted by atomic mass is 9.87. The first-order valence-corrected chi connectivity index (χ1v) is 14.1. The number of unbranched alkanes of at least 4 members (excludes halogenated alkanes) is 10. The van der Waals surface area contributed by atoms with Gasteiger partial charge in [0.25, 0.3) is 5.56 Å². The van der Waals surface area contributed by atoms with Gasteiger partial charge in [-0.3, -0.25) is 14.2 Å². The van der Waals surface area contributed by atoms with Crippen LogP contribution in [0.2, 0.25) is 0 Å². The number of ether oxygens (including phenoxy) is 1. The smallest absolute Gasteiger partial charge is 0.311 e. The van der Waals surface area contributed by atoms with E-state index in [2.05, 4.69) is 11.9 Å². The van der Waals surface area contributed by atoms with Crippen molar-refractivity contribution in [3.8, 4) is 0 Å². The Morgan fingerprint density at radius 1 is 0.941 bits per heavy atom. The number of hydrogen-bond acceptors (Lipinski definition) is 4. The Hall–Kier alpha value is -1.65. The van der Waals surface area contributed by atoms with Gasteiger partial charge < -0.3 is 4.74 Å². The zero-order valence-electron chi connectivity index (χ0n) is 22.6. The number of aryl methyl sites for hydroxylation is 2. The molecular formula is C29H50N2O3. The molecule has 0 bridgehead atoms. The number of esters is 1. The molecule has 1 aromatic rings. The summed E-state index contributed by atoms with van der Waals surface area (Å²) >= 11 is 0. The highest BCUT2D eigenvalue weighted by atomic mass is 16.5. The Morgan fingerprint density at radius 2 is 1.59 bits per heavy atom. The third kappa shape index (κ3) is 9.54. The molecule has 0 saturated carbocycles. The lowest BCUT2D eigenvalue weighted by Crippen LogP contribution is -2.32. The minimum Gasteiger partial charge on any atom is -0.465 e. The van der Waals surface area contributed by atoms with Crippen LogP contribution in [0.25, 0.3) is 0 Å². The third-order valence-electron chi connectivity index (χ3n) is 7.34. The van der Waals surface area contributed by atoms with Crippen molar-refractivity contribution in [2.24, 2.45) is 5.41 Å². The maximum Gasteiger partial charge on any atom is 0.311 e. The monoisotopic (exact) mass is 474 g/mol. The van der Waals surface area contributed by atoms with Gasteiger partial charge in [0.15, 0.2) is 0 Å². The average Bonchev–Trinajstić information content (AvgIpc) is 2.81. The molecule has 5 nitrogen and oxygen atoms in total. The summed E-state index contributed by atoms with van der Waals surface area (Å²) in [6.45, 7) is 9.44. The van der Waals surface area contributed by atoms with Gasteiger partial charge >= 0.3 is 5.97 Å². The SMILES string of the molecule is CCCCCCCCCCCCC(C)(C)C(=O)OCCCCc1c(C)nc2n(c1=O)CCCC2. The Balaban J connectivity index is 1.58. The molecule has 2 rings (SSSR count). The topological polar surface area (TPSA) is 61.2 Å². The summed E-state index contributed by atoms with van der Waals surface area (Å²) < 4.78 is 7.46. The molecule has 1 aliphatic heterocycles. The van der Waals surface area contributed by atoms with E-state index in [9.17, 15) is 9.59 Å². The molecule has 194 valence electrons. The van der Waals surface area contributed by atoms with Crippen molar-refractivity contribution >= 4 is 5.97 Å². The van der Waals surface area contributed by atoms with E-state index in [-0.39, 0.29) is 11.5 Å². The maximum atomic E-state index is 12.8. The third-order valence-corrected chi connectivity index (χ3v) is 7.34. The summed E-state index contributed by atoms with van der Waals surface area (Å²) in [6.07, 6.45) is 19.3. The highest BCUT2D eigenvalue weighted by Crippen LogP contribution is 2.26. The minimum atomic E-state index is -0.419. The molecule has 0 spiro atoms. The van der Waals surface area contributed by atoms with Gasteiger partial charge in [-0.15, -0.1) is 0 Å². The molecule has 0 atom stereocenters. The molecule has 2 heterocycles. The van der Waals surface area contributed by atoms with Gasteiger partial charge in [0.05, 0.1) is 12.0 Å². The summed E-state index contributed by atoms with van der Waals surface area (Å²) in [5, 5.41) is 0. The van der Waals surface area contributed by atoms with Gasteiger partial charge in [-0.25, -0.2) is 4.98 Å². The largest absolute Gasteiger partial charge is 0.465 e. The summed E-state index contributed by atoms with van der Waals surface area (Å²) in [5.41, 5.74) is 1.42. The molecule has 0 fully saturated rings. The molecule has 34 heavy (non-hydrogen) atoms. The van der Waals surface area contributed by atoms with Crippen LogP contribution in [0.1, 0.15) is 134 Å². The second kappa shape index (κ2) is 15.4. The van der Waals surface area contributed by atoms with Crippen LogP contribution < -0.4 is 5.56 Å². The Kier molecular flexibility index (Phi) is 12.9. The van der Waals surface area contributed by atoms with E-state index in [4.69, 9.17) is 4.74 Å². The molecule has 0 amide bonds. The summed E-state index contributed by atoms with van der Waals surface area (Å²) in [4.78, 5) is 30.1. The Bertz CT molecular complexity index is 797. The van der Waals surface area contributed by atoms with Crippen molar-refractivity contribution in [3.63, 3.8) is 0 Å². The number of carbonyl (C=O) groups is 1. The first kappa shape index (κ1) is 28.6. The van der Waals surface area contributed by atoms with Crippen molar-refractivity contribution in [1.29, 1.82) is 0 Å². The second-order valence-electron chi connectivity index (χ2n) is 10.9. The highest BCUT2D eigenvalue weighted by molar-refractivity contribution is 5.75. The highest BCUT2D eigenvalue weighted by Gasteiger charge is 2.28. The van der Waals surface area contributed by atoms with E-state index >= 15 is 0 Å². The molecular weight excluding hydrogens is 424 g/mol. The van der Waals surface area contributed by atoms with E-state index < -0.39 is 5.41 Å². The van der Waals surface area contributed by atoms with Gasteiger partial charge in [0, 0.05) is 24.2 Å². The molecule has 0 N–H and O–H groups in total. The van der Waals surface area contributed by atoms with Crippen LogP contribution in [0.4, 0.5) is 0 Å². The van der Waals surface area contributed by atoms with E-state index in [1.807, 2.05) is 25.3 Å². The molecule has 1 aromatic heterocycles. The molecule has 1 aliphatic rings. The van der Waals surface area contributed by atoms with Gasteiger partial charge in [-0.2, -0.15) is 0 Å². The second-order valence-corrected chi connectivity index (χ2v) is 10.9. The minimum absolute atomic E-state index is 0.0879. The number of carbonyl (C=O) groups excluding carboxylic acids is 1. The van der Waals surface area contributed by atoms with Crippen LogP contribution >= 0.6 is 0 Å². The maximum absolute atomic E-state index is 12.8. The standard InChI is InChI=1S/C29H50N2O3/c1-5-6-7-8-9-10-11-12-13-16-21-29(3,4)28(33)34-23-18-15-19-25-24(2)30-26-20-14-17-22-31(26)27(25)32/h5-23H2,1-4H3. The molecule has 0 saturated heterocycles. The predicted molar refractivity (Wildman–Crippen MR) is 140 cm³/mol. The zero-order valence-corrected chi connectivity index (χ0v) is 22.6. The van der Waals surface area contributed by atoms with Gasteiger partial charge in [-0.05, 0) is 59.3 Å². The lowest BCUT2D eigenvalue weighted by molar-refractivity contribution is -0.154. The first-order chi connectivity index (χ1) is 16.4. The predicted octanol–water partition coefficient (Wildman–Crippen LogP) is 7.09. The van der Waals surface area contributed by atoms with Crippen LogP contribution in [0.15, 0.2) is 4.79 Å². The summed E-state index contributed by atoms with van der Waals surface area (Å²) in [6, 6.07) is 0. The van der Waals surface area contributed by atoms with E-state index in [0.717, 1.165) is 68.6 Å². The number of rotatable bonds is 17. The van der Waals surface area contributed by atoms with Crippen molar-refractivity contribution in [3.05, 3.63) is 27.4 Å². The quantitative estimate of drug-likeness (QED) is 0.179. The van der Waals surface area contributed by atoms with Crippen LogP contribution in [-0.4, -0.2) is 22.1 Å². The molecule has 5 heteroatoms. The fraction of sp³-hybridized carbons (Fsp3) is 0.828. The molecule has 0 aliphatic carbocycles. The van der Waals surface area contributed by atoms with E-state index in [1.165, 1.54) is 57.8 Å². The fourth-order valence-electron chi connectivity index (χ4n) is 4.94. The van der Waals surface area contributed by atoms with Crippen molar-refractivity contribution in [2.45, 2.75) is 143 Å². The average molecular weight is 475 g/mol. The number of hydrogen-bond donors (Lipinski definition) is 0. The molecule has 0 radical (unpaired) electrons. The van der Waals surface area contributed by atoms with Crippen LogP contribution in [0, 0.1) is 12.3 Å². The van der Waals surface area contributed by atoms with Gasteiger partial charge in [0.1, 0.15) is 5.82 Å². The fourth-order valence-corrected chi connectivity index (χ4v) is 4.94. The van der Waals surface area contributed by atoms with Crippen molar-refractivity contribution < 1.29 is 9.53 Å². The van der Waals surface area contributed by atoms with Crippen LogP contribution in [-0.2, 0) is 28.9 Å². The zero-order chi connectivity index (χ0) is 24.8. The Morgan fingerprint density at radius 3 is 2.26 bits per heavy atom. The number of aromatic nitrogens is 2. The molecule has 0 unspecified atom stereocenters. The van der Waals surface area contributed by atoms with Crippen molar-refractivity contribution in [1.82, 2.24) is 9.55 Å². The molecule has 0 aromatic carbocycles. The summed E-state index contributed by atoms with van der Waals surface area (Å²) in [5.74, 6) is 0.853. The van der Waals surface area contributed by atoms with Gasteiger partial charge in [0.2, 0.25) is 0 Å². The first-order valence-electron chi connectivity index (χ1n) is 14.1. The van der Waals surface area contributed by atoms with E-state index in [1.54, 1.807) is 0 Å². The normalized spacial score (nSPS) is 13.6. The van der Waals surface area contributed by atoms with Gasteiger partial charge in [-0.1, -0.05) is 71.1 Å². The van der Waals surface area contributed by atoms with Crippen molar-refractivity contribution in [2.75, 3.05) is 6.61 Å². The lowest BCUT2D eigenvalue weighted by Gasteiger charge is -2.22. The Labute approximate surface area is 208 Å². The number of fused-ring (bicyclic) bond motifs is 1. The van der Waals surface area contributed by atoms with E-state index in [0.29, 0.717) is 13.0 Å². The number of nitrogens with zero attached hydrogens (tertiary/aromatic N) is 2. The van der Waals surface area contributed by atoms with Crippen LogP contribution in [0.3, 0.4) is 0 Å².